The van der Waals surface area contributed by atoms with Gasteiger partial charge in [-0.25, -0.2) is 0 Å². The van der Waals surface area contributed by atoms with E-state index in [2.05, 4.69) is 4.65 Å². The Balaban J connectivity index is 2.95. The van der Waals surface area contributed by atoms with E-state index >= 15 is 0 Å². The lowest BCUT2D eigenvalue weighted by molar-refractivity contribution is 0.142. The molecule has 0 rings (SSSR count). The third kappa shape index (κ3) is 5.94. The van der Waals surface area contributed by atoms with Crippen LogP contribution in [-0.2, 0) is 4.65 Å². The van der Waals surface area contributed by atoms with Crippen LogP contribution in [0.15, 0.2) is 0 Å². The van der Waals surface area contributed by atoms with Crippen LogP contribution in [0.3, 0.4) is 0 Å². The second-order valence-electron chi connectivity index (χ2n) is 1.51. The van der Waals surface area contributed by atoms with Gasteiger partial charge in [-0.1, -0.05) is 0 Å². The Morgan fingerprint density at radius 1 is 1.43 bits per heavy atom. The van der Waals surface area contributed by atoms with E-state index in [0.29, 0.717) is 0 Å². The van der Waals surface area contributed by atoms with Gasteiger partial charge in [0.25, 0.3) is 0 Å². The van der Waals surface area contributed by atoms with Gasteiger partial charge in [0.1, 0.15) is 0 Å². The molecular weight excluding hydrogens is 94.8 g/mol. The number of rotatable bonds is 2. The molecule has 4 heteroatoms. The van der Waals surface area contributed by atoms with Gasteiger partial charge in [0.05, 0.1) is 0 Å². The van der Waals surface area contributed by atoms with Crippen LogP contribution in [0, 0.1) is 0 Å². The van der Waals surface area contributed by atoms with Gasteiger partial charge in [0, 0.05) is 6.10 Å². The Morgan fingerprint density at radius 2 is 1.86 bits per heavy atom. The molecule has 42 valence electrons. The van der Waals surface area contributed by atoms with E-state index in [1.54, 1.807) is 13.8 Å². The average molecular weight is 104 g/mol. The van der Waals surface area contributed by atoms with Crippen molar-refractivity contribution in [1.29, 1.82) is 0 Å². The summed E-state index contributed by atoms with van der Waals surface area (Å²) in [5.41, 5.74) is 0. The van der Waals surface area contributed by atoms with Gasteiger partial charge in [0.15, 0.2) is 0 Å². The molecule has 0 heterocycles. The van der Waals surface area contributed by atoms with E-state index in [9.17, 15) is 0 Å². The van der Waals surface area contributed by atoms with Gasteiger partial charge in [-0.05, 0) is 13.8 Å². The van der Waals surface area contributed by atoms with Crippen LogP contribution in [0.1, 0.15) is 13.8 Å². The molecule has 0 atom stereocenters. The molecule has 0 aliphatic heterocycles. The molecule has 0 fully saturated rings. The zero-order valence-corrected chi connectivity index (χ0v) is 4.46. The van der Waals surface area contributed by atoms with E-state index in [4.69, 9.17) is 10.0 Å². The van der Waals surface area contributed by atoms with Crippen LogP contribution in [0.5, 0.6) is 0 Å². The summed E-state index contributed by atoms with van der Waals surface area (Å²) in [5, 5.41) is 16.1. The van der Waals surface area contributed by atoms with Crippen LogP contribution in [-0.4, -0.2) is 23.5 Å². The molecule has 0 aromatic heterocycles. The largest absolute Gasteiger partial charge is 0.634 e. The summed E-state index contributed by atoms with van der Waals surface area (Å²) in [6.07, 6.45) is -0.125. The van der Waals surface area contributed by atoms with Crippen molar-refractivity contribution in [3.8, 4) is 0 Å². The first-order chi connectivity index (χ1) is 3.13. The van der Waals surface area contributed by atoms with Gasteiger partial charge < -0.3 is 14.7 Å². The van der Waals surface area contributed by atoms with Crippen molar-refractivity contribution in [3.05, 3.63) is 0 Å². The lowest BCUT2D eigenvalue weighted by atomic mass is 10.2. The lowest BCUT2D eigenvalue weighted by Gasteiger charge is -2.03. The molecule has 3 nitrogen and oxygen atoms in total. The summed E-state index contributed by atoms with van der Waals surface area (Å²) in [6.45, 7) is 3.44. The Bertz CT molecular complexity index is 39.4. The smallest absolute Gasteiger partial charge is 0.402 e. The van der Waals surface area contributed by atoms with Gasteiger partial charge in [-0.15, -0.1) is 0 Å². The molecule has 2 N–H and O–H groups in total. The second-order valence-corrected chi connectivity index (χ2v) is 1.51. The Morgan fingerprint density at radius 3 is 1.86 bits per heavy atom. The molecule has 0 amide bonds. The third-order valence-electron chi connectivity index (χ3n) is 0.394. The first-order valence-corrected chi connectivity index (χ1v) is 2.14. The molecule has 0 bridgehead atoms. The van der Waals surface area contributed by atoms with Gasteiger partial charge in [-0.3, -0.25) is 0 Å². The Hall–Kier alpha value is -0.0551. The van der Waals surface area contributed by atoms with Gasteiger partial charge in [-0.2, -0.15) is 0 Å². The van der Waals surface area contributed by atoms with Crippen molar-refractivity contribution in [3.63, 3.8) is 0 Å². The van der Waals surface area contributed by atoms with E-state index in [0.717, 1.165) is 0 Å². The van der Waals surface area contributed by atoms with Gasteiger partial charge >= 0.3 is 7.32 Å². The van der Waals surface area contributed by atoms with E-state index in [1.165, 1.54) is 0 Å². The van der Waals surface area contributed by atoms with E-state index in [1.807, 2.05) is 0 Å². The van der Waals surface area contributed by atoms with Crippen molar-refractivity contribution in [2.45, 2.75) is 20.0 Å². The zero-order valence-electron chi connectivity index (χ0n) is 4.46. The molecule has 7 heavy (non-hydrogen) atoms. The minimum atomic E-state index is -1.63. The highest BCUT2D eigenvalue weighted by atomic mass is 16.6. The van der Waals surface area contributed by atoms with Crippen LogP contribution in [0.2, 0.25) is 0 Å². The van der Waals surface area contributed by atoms with Crippen LogP contribution in [0.4, 0.5) is 0 Å². The molecule has 0 aliphatic rings. The average Bonchev–Trinajstić information content (AvgIpc) is 1.27. The summed E-state index contributed by atoms with van der Waals surface area (Å²) >= 11 is 0. The first kappa shape index (κ1) is 6.94. The highest BCUT2D eigenvalue weighted by Gasteiger charge is 2.08. The molecule has 0 saturated heterocycles. The van der Waals surface area contributed by atoms with Crippen LogP contribution >= 0.6 is 0 Å². The fraction of sp³-hybridized carbons (Fsp3) is 1.00. The third-order valence-corrected chi connectivity index (χ3v) is 0.394. The first-order valence-electron chi connectivity index (χ1n) is 2.14. The monoisotopic (exact) mass is 104 g/mol. The normalized spacial score (nSPS) is 9.86. The number of hydrogen-bond acceptors (Lipinski definition) is 3. The van der Waals surface area contributed by atoms with Crippen LogP contribution in [0.25, 0.3) is 0 Å². The molecular formula is C3H9BO3. The molecule has 0 spiro atoms. The lowest BCUT2D eigenvalue weighted by Crippen LogP contribution is -2.21. The Labute approximate surface area is 43.1 Å². The van der Waals surface area contributed by atoms with Gasteiger partial charge in [0.2, 0.25) is 0 Å². The van der Waals surface area contributed by atoms with Crippen molar-refractivity contribution in [2.75, 3.05) is 0 Å². The molecule has 0 radical (unpaired) electrons. The second kappa shape index (κ2) is 3.01. The van der Waals surface area contributed by atoms with Crippen molar-refractivity contribution < 1.29 is 14.7 Å². The summed E-state index contributed by atoms with van der Waals surface area (Å²) in [7, 11) is -1.63. The highest BCUT2D eigenvalue weighted by Crippen LogP contribution is 1.85. The van der Waals surface area contributed by atoms with Crippen molar-refractivity contribution in [2.24, 2.45) is 0 Å². The molecule has 0 unspecified atom stereocenters. The fourth-order valence-electron chi connectivity index (χ4n) is 0.243. The van der Waals surface area contributed by atoms with E-state index < -0.39 is 7.32 Å². The minimum absolute atomic E-state index is 0.125. The Kier molecular flexibility index (Phi) is 2.99. The molecule has 0 aliphatic carbocycles. The highest BCUT2D eigenvalue weighted by molar-refractivity contribution is 6.32. The van der Waals surface area contributed by atoms with Crippen molar-refractivity contribution >= 4 is 7.32 Å². The topological polar surface area (TPSA) is 49.7 Å². The predicted octanol–water partition coefficient (Wildman–Crippen LogP) is -0.619. The summed E-state index contributed by atoms with van der Waals surface area (Å²) in [5.74, 6) is 0. The maximum atomic E-state index is 8.06. The van der Waals surface area contributed by atoms with E-state index in [-0.39, 0.29) is 6.10 Å². The maximum Gasteiger partial charge on any atom is 0.634 e. The minimum Gasteiger partial charge on any atom is -0.402 e. The van der Waals surface area contributed by atoms with Crippen molar-refractivity contribution in [1.82, 2.24) is 0 Å². The zero-order chi connectivity index (χ0) is 5.86. The molecule has 0 saturated carbocycles. The molecule has 0 aromatic carbocycles. The fourth-order valence-corrected chi connectivity index (χ4v) is 0.243. The summed E-state index contributed by atoms with van der Waals surface area (Å²) in [6, 6.07) is 0. The quantitative estimate of drug-likeness (QED) is 0.459. The number of hydrogen-bond donors (Lipinski definition) is 2. The van der Waals surface area contributed by atoms with Crippen LogP contribution < -0.4 is 0 Å². The SMILES string of the molecule is CC(C)OB(O)O. The summed E-state index contributed by atoms with van der Waals surface area (Å²) in [4.78, 5) is 0. The standard InChI is InChI=1S/C3H9BO3/c1-3(2)7-4(5)6/h3,5-6H,1-2H3. The summed E-state index contributed by atoms with van der Waals surface area (Å²) < 4.78 is 4.36. The predicted molar refractivity (Wildman–Crippen MR) is 26.4 cm³/mol. The maximum absolute atomic E-state index is 8.06. The molecule has 0 aromatic rings.